The minimum atomic E-state index is -0.737. The zero-order chi connectivity index (χ0) is 13.4. The number of benzene rings is 1. The summed E-state index contributed by atoms with van der Waals surface area (Å²) >= 11 is 0. The fourth-order valence-corrected chi connectivity index (χ4v) is 1.57. The van der Waals surface area contributed by atoms with Gasteiger partial charge in [-0.1, -0.05) is 17.7 Å². The molecule has 0 saturated heterocycles. The Morgan fingerprint density at radius 3 is 2.56 bits per heavy atom. The number of likely N-dealkylation sites (N-methyl/N-ethyl adjacent to an activating group) is 1. The third-order valence-corrected chi connectivity index (χ3v) is 2.69. The van der Waals surface area contributed by atoms with E-state index in [1.165, 1.54) is 5.56 Å². The number of hydrogen-bond acceptors (Lipinski definition) is 3. The van der Waals surface area contributed by atoms with Crippen LogP contribution in [0, 0.1) is 6.92 Å². The summed E-state index contributed by atoms with van der Waals surface area (Å²) in [7, 11) is 1.97. The topological polar surface area (TPSA) is 49.8 Å². The summed E-state index contributed by atoms with van der Waals surface area (Å²) in [6.07, 6.45) is 0.902. The summed E-state index contributed by atoms with van der Waals surface area (Å²) in [6.45, 7) is 4.24. The van der Waals surface area contributed by atoms with E-state index in [4.69, 9.17) is 9.84 Å². The Morgan fingerprint density at radius 1 is 1.28 bits per heavy atom. The van der Waals surface area contributed by atoms with Crippen LogP contribution < -0.4 is 4.74 Å². The monoisotopic (exact) mass is 251 g/mol. The van der Waals surface area contributed by atoms with Gasteiger partial charge in [0, 0.05) is 13.0 Å². The van der Waals surface area contributed by atoms with Gasteiger partial charge >= 0.3 is 5.97 Å². The van der Waals surface area contributed by atoms with Crippen molar-refractivity contribution in [2.24, 2.45) is 0 Å². The standard InChI is InChI=1S/C14H21NO3/c1-12-5-7-13(8-6-12)18-11-10-15(2)9-3-4-14(16)17/h5-8H,3-4,9-11H2,1-2H3,(H,16,17). The Labute approximate surface area is 108 Å². The first-order valence-corrected chi connectivity index (χ1v) is 6.18. The minimum absolute atomic E-state index is 0.225. The maximum Gasteiger partial charge on any atom is 0.303 e. The molecule has 4 nitrogen and oxygen atoms in total. The second-order valence-corrected chi connectivity index (χ2v) is 4.46. The smallest absolute Gasteiger partial charge is 0.303 e. The van der Waals surface area contributed by atoms with Gasteiger partial charge in [0.2, 0.25) is 0 Å². The fraction of sp³-hybridized carbons (Fsp3) is 0.500. The maximum atomic E-state index is 10.4. The Bertz CT molecular complexity index is 362. The number of hydrogen-bond donors (Lipinski definition) is 1. The van der Waals surface area contributed by atoms with E-state index in [1.54, 1.807) is 0 Å². The molecule has 4 heteroatoms. The number of rotatable bonds is 8. The van der Waals surface area contributed by atoms with Crippen molar-refractivity contribution in [1.29, 1.82) is 0 Å². The summed E-state index contributed by atoms with van der Waals surface area (Å²) in [5.74, 6) is 0.138. The zero-order valence-electron chi connectivity index (χ0n) is 11.1. The van der Waals surface area contributed by atoms with E-state index >= 15 is 0 Å². The van der Waals surface area contributed by atoms with Crippen LogP contribution in [-0.4, -0.2) is 42.7 Å². The van der Waals surface area contributed by atoms with Crippen LogP contribution in [0.2, 0.25) is 0 Å². The van der Waals surface area contributed by atoms with Crippen LogP contribution in [0.25, 0.3) is 0 Å². The molecule has 0 atom stereocenters. The van der Waals surface area contributed by atoms with Crippen molar-refractivity contribution < 1.29 is 14.6 Å². The maximum absolute atomic E-state index is 10.4. The molecule has 0 amide bonds. The van der Waals surface area contributed by atoms with Crippen molar-refractivity contribution in [1.82, 2.24) is 4.90 Å². The lowest BCUT2D eigenvalue weighted by Crippen LogP contribution is -2.25. The molecule has 1 N–H and O–H groups in total. The molecule has 0 aliphatic rings. The van der Waals surface area contributed by atoms with Crippen LogP contribution in [0.5, 0.6) is 5.75 Å². The number of aliphatic carboxylic acids is 1. The van der Waals surface area contributed by atoms with Gasteiger partial charge in [-0.25, -0.2) is 0 Å². The molecule has 0 bridgehead atoms. The number of aryl methyl sites for hydroxylation is 1. The Kier molecular flexibility index (Phi) is 6.22. The van der Waals surface area contributed by atoms with Crippen LogP contribution in [0.3, 0.4) is 0 Å². The molecule has 1 rings (SSSR count). The highest BCUT2D eigenvalue weighted by Crippen LogP contribution is 2.11. The molecular formula is C14H21NO3. The number of carboxylic acid groups (broad SMARTS) is 1. The highest BCUT2D eigenvalue weighted by molar-refractivity contribution is 5.66. The highest BCUT2D eigenvalue weighted by Gasteiger charge is 2.01. The molecule has 0 radical (unpaired) electrons. The molecule has 0 heterocycles. The Balaban J connectivity index is 2.13. The number of carbonyl (C=O) groups is 1. The SMILES string of the molecule is Cc1ccc(OCCN(C)CCCC(=O)O)cc1. The van der Waals surface area contributed by atoms with Crippen molar-refractivity contribution in [2.75, 3.05) is 26.7 Å². The average molecular weight is 251 g/mol. The molecule has 0 fully saturated rings. The third kappa shape index (κ3) is 6.25. The van der Waals surface area contributed by atoms with Crippen LogP contribution >= 0.6 is 0 Å². The summed E-state index contributed by atoms with van der Waals surface area (Å²) in [5.41, 5.74) is 1.22. The van der Waals surface area contributed by atoms with E-state index in [2.05, 4.69) is 4.90 Å². The summed E-state index contributed by atoms with van der Waals surface area (Å²) < 4.78 is 5.60. The zero-order valence-corrected chi connectivity index (χ0v) is 11.1. The first-order chi connectivity index (χ1) is 8.58. The molecular weight excluding hydrogens is 230 g/mol. The first-order valence-electron chi connectivity index (χ1n) is 6.18. The Hall–Kier alpha value is -1.55. The van der Waals surface area contributed by atoms with E-state index in [1.807, 2.05) is 38.2 Å². The number of nitrogens with zero attached hydrogens (tertiary/aromatic N) is 1. The van der Waals surface area contributed by atoms with E-state index < -0.39 is 5.97 Å². The molecule has 0 spiro atoms. The molecule has 1 aromatic carbocycles. The van der Waals surface area contributed by atoms with Crippen LogP contribution in [0.4, 0.5) is 0 Å². The van der Waals surface area contributed by atoms with Gasteiger partial charge in [-0.05, 0) is 39.1 Å². The van der Waals surface area contributed by atoms with Gasteiger partial charge in [0.1, 0.15) is 12.4 Å². The quantitative estimate of drug-likeness (QED) is 0.769. The van der Waals surface area contributed by atoms with E-state index in [-0.39, 0.29) is 6.42 Å². The van der Waals surface area contributed by atoms with Gasteiger partial charge in [0.15, 0.2) is 0 Å². The molecule has 0 unspecified atom stereocenters. The van der Waals surface area contributed by atoms with Gasteiger partial charge in [0.05, 0.1) is 0 Å². The van der Waals surface area contributed by atoms with Crippen LogP contribution in [0.1, 0.15) is 18.4 Å². The van der Waals surface area contributed by atoms with Crippen molar-refractivity contribution in [3.8, 4) is 5.75 Å². The summed E-state index contributed by atoms with van der Waals surface area (Å²) in [5, 5.41) is 8.53. The van der Waals surface area contributed by atoms with E-state index in [0.29, 0.717) is 13.0 Å². The van der Waals surface area contributed by atoms with Crippen molar-refractivity contribution in [2.45, 2.75) is 19.8 Å². The second-order valence-electron chi connectivity index (χ2n) is 4.46. The lowest BCUT2D eigenvalue weighted by molar-refractivity contribution is -0.137. The molecule has 0 aromatic heterocycles. The van der Waals surface area contributed by atoms with Gasteiger partial charge < -0.3 is 14.7 Å². The lowest BCUT2D eigenvalue weighted by Gasteiger charge is -2.16. The number of ether oxygens (including phenoxy) is 1. The molecule has 0 aliphatic heterocycles. The molecule has 100 valence electrons. The third-order valence-electron chi connectivity index (χ3n) is 2.69. The normalized spacial score (nSPS) is 10.6. The summed E-state index contributed by atoms with van der Waals surface area (Å²) in [4.78, 5) is 12.4. The van der Waals surface area contributed by atoms with Gasteiger partial charge in [-0.3, -0.25) is 4.79 Å². The van der Waals surface area contributed by atoms with Crippen LogP contribution in [-0.2, 0) is 4.79 Å². The van der Waals surface area contributed by atoms with Crippen molar-refractivity contribution >= 4 is 5.97 Å². The molecule has 18 heavy (non-hydrogen) atoms. The molecule has 1 aromatic rings. The minimum Gasteiger partial charge on any atom is -0.492 e. The fourth-order valence-electron chi connectivity index (χ4n) is 1.57. The highest BCUT2D eigenvalue weighted by atomic mass is 16.5. The predicted molar refractivity (Wildman–Crippen MR) is 71.0 cm³/mol. The van der Waals surface area contributed by atoms with Gasteiger partial charge in [-0.15, -0.1) is 0 Å². The van der Waals surface area contributed by atoms with Crippen molar-refractivity contribution in [3.63, 3.8) is 0 Å². The number of carboxylic acids is 1. The Morgan fingerprint density at radius 2 is 1.94 bits per heavy atom. The first kappa shape index (κ1) is 14.5. The van der Waals surface area contributed by atoms with Gasteiger partial charge in [0.25, 0.3) is 0 Å². The molecule has 0 saturated carbocycles. The lowest BCUT2D eigenvalue weighted by atomic mass is 10.2. The largest absolute Gasteiger partial charge is 0.492 e. The van der Waals surface area contributed by atoms with Crippen molar-refractivity contribution in [3.05, 3.63) is 29.8 Å². The second kappa shape index (κ2) is 7.71. The molecule has 0 aliphatic carbocycles. The van der Waals surface area contributed by atoms with E-state index in [9.17, 15) is 4.79 Å². The predicted octanol–water partition coefficient (Wildman–Crippen LogP) is 2.17. The van der Waals surface area contributed by atoms with Gasteiger partial charge in [-0.2, -0.15) is 0 Å². The average Bonchev–Trinajstić information content (AvgIpc) is 2.31. The van der Waals surface area contributed by atoms with E-state index in [0.717, 1.165) is 18.8 Å². The summed E-state index contributed by atoms with van der Waals surface area (Å²) in [6, 6.07) is 7.96. The van der Waals surface area contributed by atoms with Crippen LogP contribution in [0.15, 0.2) is 24.3 Å².